The molecule has 2 rings (SSSR count). The Labute approximate surface area is 131 Å². The predicted molar refractivity (Wildman–Crippen MR) is 84.2 cm³/mol. The summed E-state index contributed by atoms with van der Waals surface area (Å²) in [7, 11) is 1.26. The lowest BCUT2D eigenvalue weighted by Gasteiger charge is -2.04. The summed E-state index contributed by atoms with van der Waals surface area (Å²) >= 11 is 1.12. The first-order valence-corrected chi connectivity index (χ1v) is 7.30. The SMILES string of the molecule is CCOC(=O)Nc1sc(NC(=O)OC)nc1-c1ccccc1. The Morgan fingerprint density at radius 2 is 1.91 bits per heavy atom. The van der Waals surface area contributed by atoms with Crippen molar-refractivity contribution in [2.75, 3.05) is 24.4 Å². The van der Waals surface area contributed by atoms with E-state index in [0.29, 0.717) is 15.8 Å². The van der Waals surface area contributed by atoms with Crippen molar-refractivity contribution < 1.29 is 19.1 Å². The molecule has 0 radical (unpaired) electrons. The lowest BCUT2D eigenvalue weighted by atomic mass is 10.2. The number of carbonyl (C=O) groups excluding carboxylic acids is 2. The number of rotatable bonds is 4. The summed E-state index contributed by atoms with van der Waals surface area (Å²) in [4.78, 5) is 27.2. The third kappa shape index (κ3) is 3.95. The van der Waals surface area contributed by atoms with Crippen LogP contribution in [0.15, 0.2) is 30.3 Å². The van der Waals surface area contributed by atoms with Crippen LogP contribution < -0.4 is 10.6 Å². The molecule has 0 aliphatic rings. The summed E-state index contributed by atoms with van der Waals surface area (Å²) in [5.41, 5.74) is 1.36. The average molecular weight is 321 g/mol. The number of amides is 2. The van der Waals surface area contributed by atoms with Crippen molar-refractivity contribution in [3.63, 3.8) is 0 Å². The summed E-state index contributed by atoms with van der Waals surface area (Å²) in [5.74, 6) is 0. The van der Waals surface area contributed by atoms with E-state index in [2.05, 4.69) is 20.4 Å². The first-order valence-electron chi connectivity index (χ1n) is 6.49. The molecule has 0 spiro atoms. The summed E-state index contributed by atoms with van der Waals surface area (Å²) < 4.78 is 9.40. The second-order valence-electron chi connectivity index (χ2n) is 4.02. The Morgan fingerprint density at radius 1 is 1.18 bits per heavy atom. The zero-order chi connectivity index (χ0) is 15.9. The number of anilines is 2. The van der Waals surface area contributed by atoms with Gasteiger partial charge in [-0.05, 0) is 6.92 Å². The van der Waals surface area contributed by atoms with E-state index in [1.807, 2.05) is 30.3 Å². The van der Waals surface area contributed by atoms with Gasteiger partial charge in [-0.15, -0.1) is 0 Å². The van der Waals surface area contributed by atoms with Crippen molar-refractivity contribution >= 4 is 33.7 Å². The number of hydrogen-bond donors (Lipinski definition) is 2. The highest BCUT2D eigenvalue weighted by Gasteiger charge is 2.17. The Balaban J connectivity index is 2.32. The monoisotopic (exact) mass is 321 g/mol. The molecule has 0 unspecified atom stereocenters. The fourth-order valence-electron chi connectivity index (χ4n) is 1.65. The number of aromatic nitrogens is 1. The summed E-state index contributed by atoms with van der Waals surface area (Å²) in [6.07, 6.45) is -1.20. The maximum atomic E-state index is 11.6. The number of ether oxygens (including phenoxy) is 2. The first-order chi connectivity index (χ1) is 10.6. The molecule has 7 nitrogen and oxygen atoms in total. The summed E-state index contributed by atoms with van der Waals surface area (Å²) in [6, 6.07) is 9.30. The van der Waals surface area contributed by atoms with Crippen molar-refractivity contribution in [1.82, 2.24) is 4.98 Å². The van der Waals surface area contributed by atoms with Gasteiger partial charge in [0, 0.05) is 5.56 Å². The zero-order valence-corrected chi connectivity index (χ0v) is 12.9. The molecular formula is C14H15N3O4S. The van der Waals surface area contributed by atoms with Crippen LogP contribution in [0.4, 0.5) is 19.7 Å². The molecule has 0 saturated heterocycles. The largest absolute Gasteiger partial charge is 0.453 e. The van der Waals surface area contributed by atoms with E-state index < -0.39 is 12.2 Å². The van der Waals surface area contributed by atoms with Gasteiger partial charge >= 0.3 is 12.2 Å². The maximum Gasteiger partial charge on any atom is 0.413 e. The van der Waals surface area contributed by atoms with Crippen LogP contribution in [0.2, 0.25) is 0 Å². The second kappa shape index (κ2) is 7.41. The molecule has 22 heavy (non-hydrogen) atoms. The van der Waals surface area contributed by atoms with Crippen molar-refractivity contribution in [2.24, 2.45) is 0 Å². The number of benzene rings is 1. The van der Waals surface area contributed by atoms with Gasteiger partial charge in [0.15, 0.2) is 5.13 Å². The van der Waals surface area contributed by atoms with Gasteiger partial charge in [0.2, 0.25) is 0 Å². The van der Waals surface area contributed by atoms with E-state index in [1.54, 1.807) is 6.92 Å². The molecule has 116 valence electrons. The minimum atomic E-state index is -0.629. The minimum Gasteiger partial charge on any atom is -0.453 e. The van der Waals surface area contributed by atoms with Crippen LogP contribution in [0.25, 0.3) is 11.3 Å². The lowest BCUT2D eigenvalue weighted by molar-refractivity contribution is 0.168. The molecule has 0 aliphatic carbocycles. The third-order valence-electron chi connectivity index (χ3n) is 2.56. The van der Waals surface area contributed by atoms with Crippen LogP contribution >= 0.6 is 11.3 Å². The van der Waals surface area contributed by atoms with Crippen LogP contribution in [0.1, 0.15) is 6.92 Å². The smallest absolute Gasteiger partial charge is 0.413 e. The highest BCUT2D eigenvalue weighted by Crippen LogP contribution is 2.35. The molecular weight excluding hydrogens is 306 g/mol. The fraction of sp³-hybridized carbons (Fsp3) is 0.214. The van der Waals surface area contributed by atoms with Crippen molar-refractivity contribution in [3.05, 3.63) is 30.3 Å². The van der Waals surface area contributed by atoms with E-state index in [9.17, 15) is 9.59 Å². The van der Waals surface area contributed by atoms with Gasteiger partial charge in [-0.1, -0.05) is 41.7 Å². The van der Waals surface area contributed by atoms with E-state index >= 15 is 0 Å². The van der Waals surface area contributed by atoms with Gasteiger partial charge in [-0.25, -0.2) is 14.6 Å². The molecule has 1 aromatic heterocycles. The van der Waals surface area contributed by atoms with Gasteiger partial charge in [0.1, 0.15) is 10.7 Å². The van der Waals surface area contributed by atoms with Gasteiger partial charge in [-0.3, -0.25) is 10.6 Å². The van der Waals surface area contributed by atoms with Gasteiger partial charge in [0.05, 0.1) is 13.7 Å². The normalized spacial score (nSPS) is 9.91. The Kier molecular flexibility index (Phi) is 5.31. The first kappa shape index (κ1) is 15.8. The van der Waals surface area contributed by atoms with Crippen molar-refractivity contribution in [1.29, 1.82) is 0 Å². The molecule has 1 aromatic carbocycles. The number of methoxy groups -OCH3 is 1. The molecule has 0 fully saturated rings. The highest BCUT2D eigenvalue weighted by atomic mass is 32.1. The topological polar surface area (TPSA) is 89.6 Å². The zero-order valence-electron chi connectivity index (χ0n) is 12.1. The number of carbonyl (C=O) groups is 2. The standard InChI is InChI=1S/C14H15N3O4S/c1-3-21-14(19)16-11-10(9-7-5-4-6-8-9)15-12(22-11)17-13(18)20-2/h4-8H,3H2,1-2H3,(H,16,19)(H,15,17,18). The van der Waals surface area contributed by atoms with Crippen LogP contribution in [-0.2, 0) is 9.47 Å². The van der Waals surface area contributed by atoms with Crippen molar-refractivity contribution in [2.45, 2.75) is 6.92 Å². The van der Waals surface area contributed by atoms with Crippen molar-refractivity contribution in [3.8, 4) is 11.3 Å². The Hall–Kier alpha value is -2.61. The van der Waals surface area contributed by atoms with E-state index in [4.69, 9.17) is 4.74 Å². The third-order valence-corrected chi connectivity index (χ3v) is 3.45. The van der Waals surface area contributed by atoms with E-state index in [0.717, 1.165) is 16.9 Å². The Bertz CT molecular complexity index is 657. The molecule has 1 heterocycles. The van der Waals surface area contributed by atoms with Gasteiger partial charge in [0.25, 0.3) is 0 Å². The summed E-state index contributed by atoms with van der Waals surface area (Å²) in [5, 5.41) is 5.91. The van der Waals surface area contributed by atoms with E-state index in [1.165, 1.54) is 7.11 Å². The molecule has 0 aliphatic heterocycles. The number of nitrogens with zero attached hydrogens (tertiary/aromatic N) is 1. The van der Waals surface area contributed by atoms with Crippen LogP contribution in [-0.4, -0.2) is 30.9 Å². The van der Waals surface area contributed by atoms with Gasteiger partial charge < -0.3 is 9.47 Å². The molecule has 0 bridgehead atoms. The highest BCUT2D eigenvalue weighted by molar-refractivity contribution is 7.20. The maximum absolute atomic E-state index is 11.6. The molecule has 2 amide bonds. The summed E-state index contributed by atoms with van der Waals surface area (Å²) in [6.45, 7) is 1.98. The predicted octanol–water partition coefficient (Wildman–Crippen LogP) is 3.56. The quantitative estimate of drug-likeness (QED) is 0.898. The minimum absolute atomic E-state index is 0.262. The molecule has 0 saturated carbocycles. The Morgan fingerprint density at radius 3 is 2.55 bits per heavy atom. The average Bonchev–Trinajstić information content (AvgIpc) is 2.90. The lowest BCUT2D eigenvalue weighted by Crippen LogP contribution is -2.12. The number of hydrogen-bond acceptors (Lipinski definition) is 6. The number of nitrogens with one attached hydrogen (secondary N) is 2. The fourth-order valence-corrected chi connectivity index (χ4v) is 2.51. The molecule has 8 heteroatoms. The van der Waals surface area contributed by atoms with Crippen LogP contribution in [0, 0.1) is 0 Å². The molecule has 2 aromatic rings. The molecule has 0 atom stereocenters. The second-order valence-corrected chi connectivity index (χ2v) is 5.02. The number of thiazole rings is 1. The van der Waals surface area contributed by atoms with E-state index in [-0.39, 0.29) is 6.61 Å². The molecule has 2 N–H and O–H groups in total. The van der Waals surface area contributed by atoms with Gasteiger partial charge in [-0.2, -0.15) is 0 Å². The van der Waals surface area contributed by atoms with Crippen LogP contribution in [0.3, 0.4) is 0 Å². The van der Waals surface area contributed by atoms with Crippen LogP contribution in [0.5, 0.6) is 0 Å².